The van der Waals surface area contributed by atoms with Crippen LogP contribution in [0.15, 0.2) is 34.5 Å². The third-order valence-electron chi connectivity index (χ3n) is 4.38. The van der Waals surface area contributed by atoms with E-state index in [1.165, 1.54) is 24.6 Å². The zero-order valence-corrected chi connectivity index (χ0v) is 16.9. The van der Waals surface area contributed by atoms with Crippen molar-refractivity contribution >= 4 is 33.0 Å². The molecule has 9 heteroatoms. The summed E-state index contributed by atoms with van der Waals surface area (Å²) in [5, 5.41) is 4.36. The van der Waals surface area contributed by atoms with E-state index in [1.807, 2.05) is 0 Å². The van der Waals surface area contributed by atoms with Crippen LogP contribution in [0.5, 0.6) is 11.5 Å². The number of anilines is 1. The highest BCUT2D eigenvalue weighted by Gasteiger charge is 2.31. The quantitative estimate of drug-likeness (QED) is 0.791. The maximum Gasteiger partial charge on any atom is 0.267 e. The van der Waals surface area contributed by atoms with E-state index < -0.39 is 15.9 Å². The van der Waals surface area contributed by atoms with Crippen LogP contribution in [0.3, 0.4) is 0 Å². The van der Waals surface area contributed by atoms with Gasteiger partial charge in [-0.05, 0) is 24.3 Å². The van der Waals surface area contributed by atoms with Crippen LogP contribution in [0.4, 0.5) is 5.69 Å². The predicted molar refractivity (Wildman–Crippen MR) is 104 cm³/mol. The number of piperidine rings is 1. The Kier molecular flexibility index (Phi) is 6.03. The van der Waals surface area contributed by atoms with Gasteiger partial charge in [-0.3, -0.25) is 4.79 Å². The molecule has 1 fully saturated rings. The first-order valence-electron chi connectivity index (χ1n) is 8.58. The molecular formula is C18H22N2O5S2. The van der Waals surface area contributed by atoms with Crippen LogP contribution < -0.4 is 14.8 Å². The first kappa shape index (κ1) is 19.7. The smallest absolute Gasteiger partial charge is 0.267 e. The van der Waals surface area contributed by atoms with Gasteiger partial charge >= 0.3 is 0 Å². The number of sulfonamides is 1. The Balaban J connectivity index is 1.86. The van der Waals surface area contributed by atoms with Crippen LogP contribution in [-0.4, -0.2) is 45.9 Å². The van der Waals surface area contributed by atoms with Crippen molar-refractivity contribution in [2.45, 2.75) is 24.2 Å². The Morgan fingerprint density at radius 2 is 1.70 bits per heavy atom. The van der Waals surface area contributed by atoms with Crippen molar-refractivity contribution < 1.29 is 22.7 Å². The van der Waals surface area contributed by atoms with Gasteiger partial charge in [0.05, 0.1) is 14.2 Å². The highest BCUT2D eigenvalue weighted by molar-refractivity contribution is 7.89. The number of benzene rings is 1. The molecule has 1 amide bonds. The van der Waals surface area contributed by atoms with Gasteiger partial charge < -0.3 is 14.8 Å². The minimum Gasteiger partial charge on any atom is -0.497 e. The molecule has 7 nitrogen and oxygen atoms in total. The van der Waals surface area contributed by atoms with E-state index >= 15 is 0 Å². The summed E-state index contributed by atoms with van der Waals surface area (Å²) < 4.78 is 37.7. The maximum absolute atomic E-state index is 12.9. The van der Waals surface area contributed by atoms with Gasteiger partial charge in [-0.15, -0.1) is 11.3 Å². The number of nitrogens with one attached hydrogen (secondary N) is 1. The Bertz CT molecular complexity index is 895. The van der Waals surface area contributed by atoms with Crippen molar-refractivity contribution in [3.05, 3.63) is 34.5 Å². The van der Waals surface area contributed by atoms with Crippen LogP contribution in [-0.2, 0) is 10.0 Å². The molecule has 0 unspecified atom stereocenters. The second-order valence-electron chi connectivity index (χ2n) is 6.13. The van der Waals surface area contributed by atoms with Gasteiger partial charge in [0.15, 0.2) is 0 Å². The Labute approximate surface area is 163 Å². The normalized spacial score (nSPS) is 15.3. The fourth-order valence-electron chi connectivity index (χ4n) is 2.98. The van der Waals surface area contributed by atoms with Crippen LogP contribution in [0.2, 0.25) is 0 Å². The molecule has 0 aliphatic carbocycles. The molecule has 2 aromatic rings. The zero-order chi connectivity index (χ0) is 19.4. The number of amides is 1. The molecule has 27 heavy (non-hydrogen) atoms. The molecular weight excluding hydrogens is 388 g/mol. The van der Waals surface area contributed by atoms with Crippen LogP contribution in [0, 0.1) is 0 Å². The minimum absolute atomic E-state index is 0.0572. The van der Waals surface area contributed by atoms with Gasteiger partial charge in [0.1, 0.15) is 21.3 Å². The van der Waals surface area contributed by atoms with Crippen molar-refractivity contribution in [1.82, 2.24) is 4.31 Å². The van der Waals surface area contributed by atoms with E-state index in [0.717, 1.165) is 30.6 Å². The lowest BCUT2D eigenvalue weighted by molar-refractivity contribution is 0.102. The number of rotatable bonds is 6. The van der Waals surface area contributed by atoms with Crippen molar-refractivity contribution in [3.63, 3.8) is 0 Å². The second-order valence-corrected chi connectivity index (χ2v) is 8.96. The second kappa shape index (κ2) is 8.28. The molecule has 2 heterocycles. The van der Waals surface area contributed by atoms with Gasteiger partial charge in [-0.2, -0.15) is 4.31 Å². The lowest BCUT2D eigenvalue weighted by Gasteiger charge is -2.25. The molecule has 146 valence electrons. The Morgan fingerprint density at radius 3 is 2.30 bits per heavy atom. The third kappa shape index (κ3) is 4.26. The number of ether oxygens (including phenoxy) is 2. The number of methoxy groups -OCH3 is 2. The summed E-state index contributed by atoms with van der Waals surface area (Å²) in [5.74, 6) is 0.574. The highest BCUT2D eigenvalue weighted by Crippen LogP contribution is 2.30. The highest BCUT2D eigenvalue weighted by atomic mass is 32.2. The standard InChI is InChI=1S/C18H22N2O5S2/c1-24-14-10-13(11-15(12-14)25-2)19-18(21)17-16(6-9-26-17)27(22,23)20-7-4-3-5-8-20/h6,9-12H,3-5,7-8H2,1-2H3,(H,19,21). The first-order chi connectivity index (χ1) is 13.0. The molecule has 0 saturated carbocycles. The van der Waals surface area contributed by atoms with E-state index in [-0.39, 0.29) is 9.77 Å². The summed E-state index contributed by atoms with van der Waals surface area (Å²) in [6, 6.07) is 6.47. The van der Waals surface area contributed by atoms with Gasteiger partial charge in [-0.25, -0.2) is 8.42 Å². The van der Waals surface area contributed by atoms with Crippen molar-refractivity contribution in [2.24, 2.45) is 0 Å². The van der Waals surface area contributed by atoms with Gasteiger partial charge in [0, 0.05) is 37.0 Å². The molecule has 3 rings (SSSR count). The summed E-state index contributed by atoms with van der Waals surface area (Å²) in [5.41, 5.74) is 0.464. The summed E-state index contributed by atoms with van der Waals surface area (Å²) >= 11 is 1.11. The lowest BCUT2D eigenvalue weighted by atomic mass is 10.2. The Morgan fingerprint density at radius 1 is 1.07 bits per heavy atom. The number of hydrogen-bond acceptors (Lipinski definition) is 6. The summed E-state index contributed by atoms with van der Waals surface area (Å²) in [6.07, 6.45) is 2.71. The van der Waals surface area contributed by atoms with Gasteiger partial charge in [-0.1, -0.05) is 6.42 Å². The van der Waals surface area contributed by atoms with Crippen LogP contribution in [0.25, 0.3) is 0 Å². The summed E-state index contributed by atoms with van der Waals surface area (Å²) in [4.78, 5) is 13.0. The largest absolute Gasteiger partial charge is 0.497 e. The van der Waals surface area contributed by atoms with Crippen molar-refractivity contribution in [3.8, 4) is 11.5 Å². The van der Waals surface area contributed by atoms with Gasteiger partial charge in [0.25, 0.3) is 5.91 Å². The van der Waals surface area contributed by atoms with E-state index in [1.54, 1.807) is 23.6 Å². The molecule has 0 radical (unpaired) electrons. The monoisotopic (exact) mass is 410 g/mol. The number of nitrogens with zero attached hydrogens (tertiary/aromatic N) is 1. The first-order valence-corrected chi connectivity index (χ1v) is 10.9. The molecule has 1 aromatic heterocycles. The molecule has 1 aliphatic heterocycles. The molecule has 1 aromatic carbocycles. The molecule has 1 aliphatic rings. The summed E-state index contributed by atoms with van der Waals surface area (Å²) in [6.45, 7) is 0.985. The zero-order valence-electron chi connectivity index (χ0n) is 15.2. The topological polar surface area (TPSA) is 84.9 Å². The van der Waals surface area contributed by atoms with E-state index in [2.05, 4.69) is 5.32 Å². The SMILES string of the molecule is COc1cc(NC(=O)c2sccc2S(=O)(=O)N2CCCCC2)cc(OC)c1. The Hall–Kier alpha value is -2.10. The van der Waals surface area contributed by atoms with Gasteiger partial charge in [0.2, 0.25) is 10.0 Å². The fraction of sp³-hybridized carbons (Fsp3) is 0.389. The van der Waals surface area contributed by atoms with Crippen LogP contribution in [0.1, 0.15) is 28.9 Å². The number of carbonyl (C=O) groups excluding carboxylic acids is 1. The maximum atomic E-state index is 12.9. The van der Waals surface area contributed by atoms with Crippen LogP contribution >= 0.6 is 11.3 Å². The number of hydrogen-bond donors (Lipinski definition) is 1. The molecule has 0 atom stereocenters. The van der Waals surface area contributed by atoms with E-state index in [9.17, 15) is 13.2 Å². The van der Waals surface area contributed by atoms with Crippen molar-refractivity contribution in [2.75, 3.05) is 32.6 Å². The minimum atomic E-state index is -3.68. The fourth-order valence-corrected chi connectivity index (χ4v) is 5.79. The third-order valence-corrected chi connectivity index (χ3v) is 7.36. The number of thiophene rings is 1. The molecule has 0 spiro atoms. The average Bonchev–Trinajstić information content (AvgIpc) is 3.19. The average molecular weight is 411 g/mol. The molecule has 1 N–H and O–H groups in total. The molecule has 1 saturated heterocycles. The van der Waals surface area contributed by atoms with E-state index in [4.69, 9.17) is 9.47 Å². The van der Waals surface area contributed by atoms with Crippen molar-refractivity contribution in [1.29, 1.82) is 0 Å². The molecule has 0 bridgehead atoms. The number of carbonyl (C=O) groups is 1. The predicted octanol–water partition coefficient (Wildman–Crippen LogP) is 3.19. The summed E-state index contributed by atoms with van der Waals surface area (Å²) in [7, 11) is -0.645. The van der Waals surface area contributed by atoms with E-state index in [0.29, 0.717) is 30.3 Å². The lowest BCUT2D eigenvalue weighted by Crippen LogP contribution is -2.36.